The predicted octanol–water partition coefficient (Wildman–Crippen LogP) is 5.07. The Kier molecular flexibility index (Phi) is 14.6. The Bertz CT molecular complexity index is 992. The van der Waals surface area contributed by atoms with Crippen molar-refractivity contribution >= 4 is 30.0 Å². The molecule has 0 N–H and O–H groups in total. The maximum atomic E-state index is 12.6. The van der Waals surface area contributed by atoms with Gasteiger partial charge in [0.1, 0.15) is 32.2 Å². The minimum Gasteiger partial charge on any atom is -0.497 e. The fourth-order valence-corrected chi connectivity index (χ4v) is 3.48. The number of ether oxygens (including phenoxy) is 5. The molecular formula is C30H42O9. The summed E-state index contributed by atoms with van der Waals surface area (Å²) in [5.74, 6) is -0.962. The quantitative estimate of drug-likeness (QED) is 0.0868. The summed E-state index contributed by atoms with van der Waals surface area (Å²) in [5.41, 5.74) is -0.523. The third-order valence-electron chi connectivity index (χ3n) is 6.29. The Morgan fingerprint density at radius 2 is 1.38 bits per heavy atom. The van der Waals surface area contributed by atoms with Gasteiger partial charge in [-0.05, 0) is 57.7 Å². The lowest BCUT2D eigenvalue weighted by Crippen LogP contribution is -2.32. The summed E-state index contributed by atoms with van der Waals surface area (Å²) >= 11 is 0. The molecule has 0 radical (unpaired) electrons. The van der Waals surface area contributed by atoms with E-state index in [9.17, 15) is 19.2 Å². The highest BCUT2D eigenvalue weighted by atomic mass is 16.6. The second-order valence-corrected chi connectivity index (χ2v) is 9.92. The molecule has 1 unspecified atom stereocenters. The lowest BCUT2D eigenvalue weighted by Gasteiger charge is -2.28. The van der Waals surface area contributed by atoms with Gasteiger partial charge in [0.05, 0.1) is 17.9 Å². The Hall–Kier alpha value is -3.62. The summed E-state index contributed by atoms with van der Waals surface area (Å²) < 4.78 is 25.5. The van der Waals surface area contributed by atoms with E-state index in [2.05, 4.69) is 0 Å². The Morgan fingerprint density at radius 1 is 0.795 bits per heavy atom. The van der Waals surface area contributed by atoms with Crippen LogP contribution in [0.5, 0.6) is 5.75 Å². The molecule has 1 aromatic rings. The molecule has 0 bridgehead atoms. The van der Waals surface area contributed by atoms with Gasteiger partial charge in [0.15, 0.2) is 0 Å². The molecule has 0 heterocycles. The van der Waals surface area contributed by atoms with Crippen LogP contribution in [-0.2, 0) is 38.1 Å². The number of rotatable bonds is 17. The molecule has 0 aromatic heterocycles. The fraction of sp³-hybridized carbons (Fsp3) is 0.533. The van der Waals surface area contributed by atoms with E-state index >= 15 is 0 Å². The Balaban J connectivity index is 2.35. The SMILES string of the molecule is CCC(C)(CCCC(C)(C)C(=O)OCCOC(=O)/C=C/C=C/c1ccc(OC)cc1)C(=O)OCCOC(C)=O. The highest BCUT2D eigenvalue weighted by Gasteiger charge is 2.35. The van der Waals surface area contributed by atoms with Crippen molar-refractivity contribution in [1.29, 1.82) is 0 Å². The van der Waals surface area contributed by atoms with Gasteiger partial charge in [0, 0.05) is 13.0 Å². The molecule has 0 aliphatic heterocycles. The summed E-state index contributed by atoms with van der Waals surface area (Å²) in [6.07, 6.45) is 8.63. The number of methoxy groups -OCH3 is 1. The summed E-state index contributed by atoms with van der Waals surface area (Å²) in [5, 5.41) is 0. The van der Waals surface area contributed by atoms with Gasteiger partial charge in [-0.25, -0.2) is 4.79 Å². The first kappa shape index (κ1) is 33.4. The summed E-state index contributed by atoms with van der Waals surface area (Å²) in [6.45, 7) is 8.50. The zero-order chi connectivity index (χ0) is 29.3. The normalized spacial score (nSPS) is 13.1. The molecule has 1 atom stereocenters. The summed E-state index contributed by atoms with van der Waals surface area (Å²) in [7, 11) is 1.60. The van der Waals surface area contributed by atoms with Crippen LogP contribution in [0.2, 0.25) is 0 Å². The first-order valence-electron chi connectivity index (χ1n) is 13.1. The summed E-state index contributed by atoms with van der Waals surface area (Å²) in [4.78, 5) is 47.7. The standard InChI is InChI=1S/C30H42O9/c1-7-30(5,28(34)39-21-19-36-23(2)31)18-10-17-29(3,4)27(33)38-22-20-37-26(32)12-9-8-11-24-13-15-25(35-6)16-14-24/h8-9,11-16H,7,10,17-22H2,1-6H3/b11-8+,12-9+. The highest BCUT2D eigenvalue weighted by molar-refractivity contribution is 5.82. The van der Waals surface area contributed by atoms with E-state index in [0.717, 1.165) is 11.3 Å². The molecule has 0 aliphatic rings. The van der Waals surface area contributed by atoms with Gasteiger partial charge >= 0.3 is 23.9 Å². The fourth-order valence-electron chi connectivity index (χ4n) is 3.48. The zero-order valence-electron chi connectivity index (χ0n) is 23.9. The molecule has 9 heteroatoms. The van der Waals surface area contributed by atoms with Gasteiger partial charge in [-0.2, -0.15) is 0 Å². The third-order valence-corrected chi connectivity index (χ3v) is 6.29. The minimum atomic E-state index is -0.774. The highest BCUT2D eigenvalue weighted by Crippen LogP contribution is 2.33. The van der Waals surface area contributed by atoms with Crippen LogP contribution < -0.4 is 4.74 Å². The van der Waals surface area contributed by atoms with Crippen LogP contribution in [0.1, 0.15) is 65.9 Å². The van der Waals surface area contributed by atoms with E-state index in [1.807, 2.05) is 44.2 Å². The van der Waals surface area contributed by atoms with Crippen molar-refractivity contribution in [2.24, 2.45) is 10.8 Å². The van der Waals surface area contributed by atoms with Crippen LogP contribution in [0.3, 0.4) is 0 Å². The smallest absolute Gasteiger partial charge is 0.330 e. The molecule has 39 heavy (non-hydrogen) atoms. The van der Waals surface area contributed by atoms with Crippen LogP contribution in [0.4, 0.5) is 0 Å². The lowest BCUT2D eigenvalue weighted by molar-refractivity contribution is -0.160. The van der Waals surface area contributed by atoms with Gasteiger partial charge < -0.3 is 23.7 Å². The van der Waals surface area contributed by atoms with Crippen molar-refractivity contribution in [2.75, 3.05) is 33.5 Å². The molecule has 0 saturated heterocycles. The van der Waals surface area contributed by atoms with E-state index in [1.54, 1.807) is 33.1 Å². The molecule has 1 aromatic carbocycles. The molecule has 1 rings (SSSR count). The Morgan fingerprint density at radius 3 is 1.97 bits per heavy atom. The van der Waals surface area contributed by atoms with Crippen molar-refractivity contribution in [3.63, 3.8) is 0 Å². The molecule has 9 nitrogen and oxygen atoms in total. The molecule has 0 spiro atoms. The molecule has 0 saturated carbocycles. The van der Waals surface area contributed by atoms with Crippen molar-refractivity contribution in [3.8, 4) is 5.75 Å². The van der Waals surface area contributed by atoms with Gasteiger partial charge in [0.2, 0.25) is 0 Å². The number of hydrogen-bond donors (Lipinski definition) is 0. The van der Waals surface area contributed by atoms with Gasteiger partial charge in [-0.3, -0.25) is 14.4 Å². The van der Waals surface area contributed by atoms with Crippen molar-refractivity contribution in [3.05, 3.63) is 48.1 Å². The number of carbonyl (C=O) groups excluding carboxylic acids is 4. The average molecular weight is 547 g/mol. The monoisotopic (exact) mass is 546 g/mol. The van der Waals surface area contributed by atoms with Crippen LogP contribution in [-0.4, -0.2) is 57.4 Å². The van der Waals surface area contributed by atoms with E-state index in [4.69, 9.17) is 23.7 Å². The zero-order valence-corrected chi connectivity index (χ0v) is 23.9. The minimum absolute atomic E-state index is 0.00653. The van der Waals surface area contributed by atoms with Gasteiger partial charge in [-0.1, -0.05) is 43.7 Å². The summed E-state index contributed by atoms with van der Waals surface area (Å²) in [6, 6.07) is 7.47. The largest absolute Gasteiger partial charge is 0.497 e. The van der Waals surface area contributed by atoms with E-state index in [-0.39, 0.29) is 32.4 Å². The number of carbonyl (C=O) groups is 4. The van der Waals surface area contributed by atoms with Crippen LogP contribution in [0, 0.1) is 10.8 Å². The number of esters is 4. The van der Waals surface area contributed by atoms with Crippen molar-refractivity contribution < 1.29 is 42.9 Å². The van der Waals surface area contributed by atoms with E-state index in [0.29, 0.717) is 25.7 Å². The predicted molar refractivity (Wildman–Crippen MR) is 147 cm³/mol. The molecule has 0 amide bonds. The first-order valence-corrected chi connectivity index (χ1v) is 13.1. The van der Waals surface area contributed by atoms with Crippen LogP contribution in [0.15, 0.2) is 42.5 Å². The average Bonchev–Trinajstić information content (AvgIpc) is 2.91. The van der Waals surface area contributed by atoms with Gasteiger partial charge in [0.25, 0.3) is 0 Å². The maximum absolute atomic E-state index is 12.6. The topological polar surface area (TPSA) is 114 Å². The van der Waals surface area contributed by atoms with Crippen molar-refractivity contribution in [1.82, 2.24) is 0 Å². The van der Waals surface area contributed by atoms with Crippen LogP contribution in [0.25, 0.3) is 6.08 Å². The van der Waals surface area contributed by atoms with Crippen LogP contribution >= 0.6 is 0 Å². The van der Waals surface area contributed by atoms with E-state index < -0.39 is 28.7 Å². The number of benzene rings is 1. The van der Waals surface area contributed by atoms with Gasteiger partial charge in [-0.15, -0.1) is 0 Å². The van der Waals surface area contributed by atoms with Crippen molar-refractivity contribution in [2.45, 2.75) is 60.3 Å². The molecule has 0 fully saturated rings. The van der Waals surface area contributed by atoms with E-state index in [1.165, 1.54) is 13.0 Å². The lowest BCUT2D eigenvalue weighted by atomic mass is 9.79. The number of allylic oxidation sites excluding steroid dienone is 2. The second-order valence-electron chi connectivity index (χ2n) is 9.92. The first-order chi connectivity index (χ1) is 18.4. The maximum Gasteiger partial charge on any atom is 0.330 e. The third kappa shape index (κ3) is 13.1. The molecule has 0 aliphatic carbocycles. The molecule has 216 valence electrons. The molecular weight excluding hydrogens is 504 g/mol. The second kappa shape index (κ2) is 17.1. The number of hydrogen-bond acceptors (Lipinski definition) is 9. The Labute approximate surface area is 231 Å².